The van der Waals surface area contributed by atoms with Crippen molar-refractivity contribution in [2.45, 2.75) is 39.2 Å². The number of anilines is 1. The van der Waals surface area contributed by atoms with Crippen LogP contribution < -0.4 is 10.2 Å². The van der Waals surface area contributed by atoms with E-state index in [0.29, 0.717) is 6.04 Å². The zero-order valence-electron chi connectivity index (χ0n) is 13.1. The molecule has 21 heavy (non-hydrogen) atoms. The van der Waals surface area contributed by atoms with Gasteiger partial charge in [-0.25, -0.2) is 0 Å². The topological polar surface area (TPSA) is 28.2 Å². The first-order chi connectivity index (χ1) is 10.3. The van der Waals surface area contributed by atoms with E-state index in [1.807, 2.05) is 0 Å². The van der Waals surface area contributed by atoms with E-state index in [-0.39, 0.29) is 0 Å². The third-order valence-corrected chi connectivity index (χ3v) is 4.34. The summed E-state index contributed by atoms with van der Waals surface area (Å²) in [4.78, 5) is 7.18. The Morgan fingerprint density at radius 2 is 2.00 bits per heavy atom. The number of rotatable bonds is 4. The number of nitrogens with zero attached hydrogens (tertiary/aromatic N) is 2. The minimum absolute atomic E-state index is 0.690. The molecule has 1 fully saturated rings. The summed E-state index contributed by atoms with van der Waals surface area (Å²) in [6, 6.07) is 11.4. The summed E-state index contributed by atoms with van der Waals surface area (Å²) in [6.07, 6.45) is 3.68. The van der Waals surface area contributed by atoms with Crippen molar-refractivity contribution in [2.24, 2.45) is 0 Å². The van der Waals surface area contributed by atoms with Crippen LogP contribution in [0.2, 0.25) is 0 Å². The fourth-order valence-electron chi connectivity index (χ4n) is 3.22. The zero-order chi connectivity index (χ0) is 14.7. The van der Waals surface area contributed by atoms with Crippen molar-refractivity contribution in [1.82, 2.24) is 10.3 Å². The van der Waals surface area contributed by atoms with Gasteiger partial charge in [-0.15, -0.1) is 0 Å². The van der Waals surface area contributed by atoms with Gasteiger partial charge in [0, 0.05) is 35.9 Å². The number of hydrogen-bond acceptors (Lipinski definition) is 3. The molecule has 0 atom stereocenters. The van der Waals surface area contributed by atoms with Gasteiger partial charge in [0.1, 0.15) is 0 Å². The summed E-state index contributed by atoms with van der Waals surface area (Å²) in [5.41, 5.74) is 3.57. The molecule has 2 heterocycles. The fraction of sp³-hybridized carbons (Fsp3) is 0.500. The van der Waals surface area contributed by atoms with E-state index >= 15 is 0 Å². The van der Waals surface area contributed by atoms with E-state index in [9.17, 15) is 0 Å². The third kappa shape index (κ3) is 3.18. The molecule has 0 saturated carbocycles. The third-order valence-electron chi connectivity index (χ3n) is 4.34. The monoisotopic (exact) mass is 283 g/mol. The first-order valence-corrected chi connectivity index (χ1v) is 8.12. The van der Waals surface area contributed by atoms with Crippen LogP contribution in [0.3, 0.4) is 0 Å². The Morgan fingerprint density at radius 1 is 1.24 bits per heavy atom. The van der Waals surface area contributed by atoms with Crippen LogP contribution in [0.4, 0.5) is 5.69 Å². The molecule has 1 aliphatic heterocycles. The molecule has 0 aliphatic carbocycles. The highest BCUT2D eigenvalue weighted by Gasteiger charge is 2.20. The highest BCUT2D eigenvalue weighted by atomic mass is 15.1. The number of aromatic nitrogens is 1. The van der Waals surface area contributed by atoms with Gasteiger partial charge in [0.15, 0.2) is 0 Å². The first-order valence-electron chi connectivity index (χ1n) is 8.12. The van der Waals surface area contributed by atoms with Gasteiger partial charge in [-0.1, -0.05) is 25.1 Å². The Bertz CT molecular complexity index is 600. The normalized spacial score (nSPS) is 16.6. The van der Waals surface area contributed by atoms with E-state index in [1.54, 1.807) is 0 Å². The van der Waals surface area contributed by atoms with Gasteiger partial charge in [-0.3, -0.25) is 4.98 Å². The van der Waals surface area contributed by atoms with Crippen molar-refractivity contribution in [2.75, 3.05) is 24.5 Å². The van der Waals surface area contributed by atoms with Crippen LogP contribution in [0, 0.1) is 6.92 Å². The van der Waals surface area contributed by atoms with Crippen LogP contribution in [0.15, 0.2) is 30.3 Å². The molecule has 3 heteroatoms. The Hall–Kier alpha value is -1.61. The Balaban J connectivity index is 1.79. The van der Waals surface area contributed by atoms with Crippen LogP contribution in [0.1, 0.15) is 31.9 Å². The molecule has 0 bridgehead atoms. The summed E-state index contributed by atoms with van der Waals surface area (Å²) < 4.78 is 0. The quantitative estimate of drug-likeness (QED) is 0.930. The standard InChI is InChI=1S/C18H25N3/c1-3-10-19-15-8-11-21(12-9-15)18-13-14(2)20-17-7-5-4-6-16(17)18/h4-7,13,15,19H,3,8-12H2,1-2H3. The second-order valence-corrected chi connectivity index (χ2v) is 6.02. The van der Waals surface area contributed by atoms with Crippen molar-refractivity contribution < 1.29 is 0 Å². The predicted octanol–water partition coefficient (Wildman–Crippen LogP) is 3.51. The second-order valence-electron chi connectivity index (χ2n) is 6.02. The van der Waals surface area contributed by atoms with Gasteiger partial charge in [-0.2, -0.15) is 0 Å². The van der Waals surface area contributed by atoms with E-state index in [4.69, 9.17) is 0 Å². The molecular formula is C18H25N3. The lowest BCUT2D eigenvalue weighted by molar-refractivity contribution is 0.416. The van der Waals surface area contributed by atoms with Crippen molar-refractivity contribution in [1.29, 1.82) is 0 Å². The summed E-state index contributed by atoms with van der Waals surface area (Å²) in [5.74, 6) is 0. The maximum atomic E-state index is 4.65. The number of para-hydroxylation sites is 1. The molecule has 3 nitrogen and oxygen atoms in total. The molecule has 0 spiro atoms. The van der Waals surface area contributed by atoms with Crippen molar-refractivity contribution >= 4 is 16.6 Å². The van der Waals surface area contributed by atoms with Crippen LogP contribution >= 0.6 is 0 Å². The second kappa shape index (κ2) is 6.44. The Kier molecular flexibility index (Phi) is 4.39. The number of pyridine rings is 1. The van der Waals surface area contributed by atoms with Gasteiger partial charge in [0.05, 0.1) is 5.52 Å². The number of aryl methyl sites for hydroxylation is 1. The minimum Gasteiger partial charge on any atom is -0.371 e. The number of nitrogens with one attached hydrogen (secondary N) is 1. The van der Waals surface area contributed by atoms with Crippen LogP contribution in [-0.2, 0) is 0 Å². The average Bonchev–Trinajstić information content (AvgIpc) is 2.52. The number of benzene rings is 1. The molecule has 3 rings (SSSR count). The lowest BCUT2D eigenvalue weighted by atomic mass is 10.0. The number of hydrogen-bond donors (Lipinski definition) is 1. The van der Waals surface area contributed by atoms with Gasteiger partial charge in [0.25, 0.3) is 0 Å². The smallest absolute Gasteiger partial charge is 0.0726 e. The van der Waals surface area contributed by atoms with E-state index in [1.165, 1.54) is 30.3 Å². The lowest BCUT2D eigenvalue weighted by Gasteiger charge is -2.34. The molecule has 1 aromatic heterocycles. The summed E-state index contributed by atoms with van der Waals surface area (Å²) >= 11 is 0. The van der Waals surface area contributed by atoms with Crippen LogP contribution in [0.25, 0.3) is 10.9 Å². The van der Waals surface area contributed by atoms with E-state index < -0.39 is 0 Å². The summed E-state index contributed by atoms with van der Waals surface area (Å²) in [5, 5.41) is 4.93. The molecule has 0 unspecified atom stereocenters. The van der Waals surface area contributed by atoms with Crippen molar-refractivity contribution in [3.05, 3.63) is 36.0 Å². The van der Waals surface area contributed by atoms with E-state index in [2.05, 4.69) is 59.4 Å². The Morgan fingerprint density at radius 3 is 2.76 bits per heavy atom. The van der Waals surface area contributed by atoms with Gasteiger partial charge in [-0.05, 0) is 44.9 Å². The lowest BCUT2D eigenvalue weighted by Crippen LogP contribution is -2.42. The molecule has 112 valence electrons. The molecule has 1 aliphatic rings. The number of piperidine rings is 1. The maximum absolute atomic E-state index is 4.65. The Labute approximate surface area is 127 Å². The van der Waals surface area contributed by atoms with Crippen molar-refractivity contribution in [3.63, 3.8) is 0 Å². The highest BCUT2D eigenvalue weighted by molar-refractivity contribution is 5.92. The molecular weight excluding hydrogens is 258 g/mol. The number of fused-ring (bicyclic) bond motifs is 1. The molecule has 1 saturated heterocycles. The fourth-order valence-corrected chi connectivity index (χ4v) is 3.22. The van der Waals surface area contributed by atoms with Crippen LogP contribution in [-0.4, -0.2) is 30.7 Å². The van der Waals surface area contributed by atoms with Gasteiger partial charge in [0.2, 0.25) is 0 Å². The summed E-state index contributed by atoms with van der Waals surface area (Å²) in [6.45, 7) is 7.73. The zero-order valence-corrected chi connectivity index (χ0v) is 13.1. The molecule has 0 amide bonds. The van der Waals surface area contributed by atoms with Crippen molar-refractivity contribution in [3.8, 4) is 0 Å². The van der Waals surface area contributed by atoms with E-state index in [0.717, 1.165) is 30.8 Å². The van der Waals surface area contributed by atoms with Gasteiger partial charge >= 0.3 is 0 Å². The van der Waals surface area contributed by atoms with Gasteiger partial charge < -0.3 is 10.2 Å². The molecule has 2 aromatic rings. The minimum atomic E-state index is 0.690. The maximum Gasteiger partial charge on any atom is 0.0726 e. The highest BCUT2D eigenvalue weighted by Crippen LogP contribution is 2.28. The average molecular weight is 283 g/mol. The largest absolute Gasteiger partial charge is 0.371 e. The molecule has 1 N–H and O–H groups in total. The summed E-state index contributed by atoms with van der Waals surface area (Å²) in [7, 11) is 0. The predicted molar refractivity (Wildman–Crippen MR) is 90.0 cm³/mol. The SMILES string of the molecule is CCCNC1CCN(c2cc(C)nc3ccccc23)CC1. The van der Waals surface area contributed by atoms with Crippen LogP contribution in [0.5, 0.6) is 0 Å². The molecule has 0 radical (unpaired) electrons. The molecule has 1 aromatic carbocycles. The first kappa shape index (κ1) is 14.3.